The Morgan fingerprint density at radius 1 is 1.50 bits per heavy atom. The van der Waals surface area contributed by atoms with Crippen LogP contribution < -0.4 is 4.74 Å². The maximum Gasteiger partial charge on any atom is 0.334 e. The summed E-state index contributed by atoms with van der Waals surface area (Å²) in [6.07, 6.45) is -0.707. The van der Waals surface area contributed by atoms with Crippen molar-refractivity contribution in [2.75, 3.05) is 26.8 Å². The summed E-state index contributed by atoms with van der Waals surface area (Å²) in [5.41, 5.74) is 0.840. The molecule has 2 rings (SSSR count). The lowest BCUT2D eigenvalue weighted by molar-refractivity contribution is -0.159. The molecule has 1 aromatic rings. The third-order valence-electron chi connectivity index (χ3n) is 3.18. The van der Waals surface area contributed by atoms with E-state index in [0.717, 1.165) is 5.56 Å². The molecule has 20 heavy (non-hydrogen) atoms. The van der Waals surface area contributed by atoms with E-state index in [1.807, 2.05) is 18.2 Å². The molecule has 1 aliphatic heterocycles. The Bertz CT molecular complexity index is 502. The SMILES string of the molecule is COc1cccc(CC(=O)N2CCOC(C(=O)O)C2)c1. The molecular formula is C14H17NO5. The normalized spacial score (nSPS) is 18.6. The van der Waals surface area contributed by atoms with E-state index >= 15 is 0 Å². The van der Waals surface area contributed by atoms with E-state index < -0.39 is 12.1 Å². The number of carboxylic acid groups (broad SMARTS) is 1. The second-order valence-electron chi connectivity index (χ2n) is 4.57. The quantitative estimate of drug-likeness (QED) is 0.871. The Balaban J connectivity index is 1.98. The van der Waals surface area contributed by atoms with Crippen LogP contribution in [0.5, 0.6) is 5.75 Å². The molecule has 1 fully saturated rings. The number of morpholine rings is 1. The summed E-state index contributed by atoms with van der Waals surface area (Å²) in [6, 6.07) is 7.27. The van der Waals surface area contributed by atoms with E-state index in [0.29, 0.717) is 12.3 Å². The summed E-state index contributed by atoms with van der Waals surface area (Å²) in [5.74, 6) is -0.447. The standard InChI is InChI=1S/C14H17NO5/c1-19-11-4-2-3-10(7-11)8-13(16)15-5-6-20-12(9-15)14(17)18/h2-4,7,12H,5-6,8-9H2,1H3,(H,17,18). The number of carbonyl (C=O) groups excluding carboxylic acids is 1. The summed E-state index contributed by atoms with van der Waals surface area (Å²) >= 11 is 0. The average Bonchev–Trinajstić information content (AvgIpc) is 2.47. The lowest BCUT2D eigenvalue weighted by atomic mass is 10.1. The van der Waals surface area contributed by atoms with Crippen LogP contribution in [-0.2, 0) is 20.7 Å². The Hall–Kier alpha value is -2.08. The van der Waals surface area contributed by atoms with Gasteiger partial charge in [0.15, 0.2) is 6.10 Å². The molecule has 0 spiro atoms. The zero-order chi connectivity index (χ0) is 14.5. The molecule has 0 bridgehead atoms. The Morgan fingerprint density at radius 2 is 2.30 bits per heavy atom. The summed E-state index contributed by atoms with van der Waals surface area (Å²) in [5, 5.41) is 8.92. The van der Waals surface area contributed by atoms with Gasteiger partial charge in [0, 0.05) is 6.54 Å². The summed E-state index contributed by atoms with van der Waals surface area (Å²) in [7, 11) is 1.57. The number of ether oxygens (including phenoxy) is 2. The molecule has 1 heterocycles. The first-order chi connectivity index (χ1) is 9.60. The maximum absolute atomic E-state index is 12.2. The van der Waals surface area contributed by atoms with Crippen LogP contribution in [0.15, 0.2) is 24.3 Å². The fraction of sp³-hybridized carbons (Fsp3) is 0.429. The van der Waals surface area contributed by atoms with E-state index in [1.165, 1.54) is 4.90 Å². The van der Waals surface area contributed by atoms with Crippen LogP contribution in [0.25, 0.3) is 0 Å². The van der Waals surface area contributed by atoms with E-state index in [2.05, 4.69) is 0 Å². The highest BCUT2D eigenvalue weighted by Gasteiger charge is 2.28. The van der Waals surface area contributed by atoms with Gasteiger partial charge in [-0.15, -0.1) is 0 Å². The Kier molecular flexibility index (Phi) is 4.57. The van der Waals surface area contributed by atoms with Crippen LogP contribution >= 0.6 is 0 Å². The zero-order valence-corrected chi connectivity index (χ0v) is 11.2. The summed E-state index contributed by atoms with van der Waals surface area (Å²) < 4.78 is 10.2. The van der Waals surface area contributed by atoms with E-state index in [9.17, 15) is 9.59 Å². The third kappa shape index (κ3) is 3.48. The first-order valence-corrected chi connectivity index (χ1v) is 6.35. The van der Waals surface area contributed by atoms with Crippen molar-refractivity contribution in [1.82, 2.24) is 4.90 Å². The number of aliphatic carboxylic acids is 1. The maximum atomic E-state index is 12.2. The molecule has 6 heteroatoms. The van der Waals surface area contributed by atoms with Gasteiger partial charge in [0.25, 0.3) is 0 Å². The highest BCUT2D eigenvalue weighted by molar-refractivity contribution is 5.80. The minimum atomic E-state index is -1.04. The van der Waals surface area contributed by atoms with Crippen molar-refractivity contribution < 1.29 is 24.2 Å². The second kappa shape index (κ2) is 6.38. The van der Waals surface area contributed by atoms with Gasteiger partial charge in [-0.25, -0.2) is 4.79 Å². The third-order valence-corrected chi connectivity index (χ3v) is 3.18. The number of methoxy groups -OCH3 is 1. The van der Waals surface area contributed by atoms with Gasteiger partial charge in [-0.1, -0.05) is 12.1 Å². The molecule has 108 valence electrons. The molecule has 1 aliphatic rings. The van der Waals surface area contributed by atoms with Gasteiger partial charge in [0.1, 0.15) is 5.75 Å². The van der Waals surface area contributed by atoms with Crippen molar-refractivity contribution in [2.24, 2.45) is 0 Å². The number of nitrogens with zero attached hydrogens (tertiary/aromatic N) is 1. The molecule has 1 saturated heterocycles. The molecule has 1 atom stereocenters. The number of rotatable bonds is 4. The topological polar surface area (TPSA) is 76.1 Å². The molecular weight excluding hydrogens is 262 g/mol. The van der Waals surface area contributed by atoms with Crippen molar-refractivity contribution in [1.29, 1.82) is 0 Å². The van der Waals surface area contributed by atoms with Gasteiger partial charge in [-0.2, -0.15) is 0 Å². The first kappa shape index (κ1) is 14.3. The molecule has 1 amide bonds. The fourth-order valence-electron chi connectivity index (χ4n) is 2.09. The summed E-state index contributed by atoms with van der Waals surface area (Å²) in [6.45, 7) is 0.769. The van der Waals surface area contributed by atoms with Crippen molar-refractivity contribution in [3.05, 3.63) is 29.8 Å². The lowest BCUT2D eigenvalue weighted by Crippen LogP contribution is -2.49. The van der Waals surface area contributed by atoms with Gasteiger partial charge >= 0.3 is 5.97 Å². The van der Waals surface area contributed by atoms with Gasteiger partial charge in [-0.05, 0) is 17.7 Å². The zero-order valence-electron chi connectivity index (χ0n) is 11.2. The Labute approximate surface area is 116 Å². The predicted octanol–water partition coefficient (Wildman–Crippen LogP) is 0.550. The number of benzene rings is 1. The van der Waals surface area contributed by atoms with Crippen LogP contribution in [0.4, 0.5) is 0 Å². The molecule has 0 saturated carbocycles. The lowest BCUT2D eigenvalue weighted by Gasteiger charge is -2.31. The minimum absolute atomic E-state index is 0.0954. The van der Waals surface area contributed by atoms with Gasteiger partial charge in [0.05, 0.1) is 26.7 Å². The second-order valence-corrected chi connectivity index (χ2v) is 4.57. The summed E-state index contributed by atoms with van der Waals surface area (Å²) in [4.78, 5) is 24.6. The van der Waals surface area contributed by atoms with Crippen LogP contribution in [0, 0.1) is 0 Å². The van der Waals surface area contributed by atoms with E-state index in [-0.39, 0.29) is 25.5 Å². The molecule has 0 radical (unpaired) electrons. The molecule has 1 N–H and O–H groups in total. The monoisotopic (exact) mass is 279 g/mol. The smallest absolute Gasteiger partial charge is 0.334 e. The minimum Gasteiger partial charge on any atom is -0.497 e. The number of hydrogen-bond acceptors (Lipinski definition) is 4. The van der Waals surface area contributed by atoms with Crippen LogP contribution in [-0.4, -0.2) is 54.8 Å². The van der Waals surface area contributed by atoms with Gasteiger partial charge in [0.2, 0.25) is 5.91 Å². The van der Waals surface area contributed by atoms with Crippen molar-refractivity contribution in [3.63, 3.8) is 0 Å². The highest BCUT2D eigenvalue weighted by atomic mass is 16.5. The molecule has 1 unspecified atom stereocenters. The number of amides is 1. The largest absolute Gasteiger partial charge is 0.497 e. The van der Waals surface area contributed by atoms with Crippen molar-refractivity contribution >= 4 is 11.9 Å². The van der Waals surface area contributed by atoms with Crippen molar-refractivity contribution in [3.8, 4) is 5.75 Å². The molecule has 0 aromatic heterocycles. The Morgan fingerprint density at radius 3 is 3.00 bits per heavy atom. The molecule has 6 nitrogen and oxygen atoms in total. The first-order valence-electron chi connectivity index (χ1n) is 6.35. The van der Waals surface area contributed by atoms with E-state index in [1.54, 1.807) is 13.2 Å². The van der Waals surface area contributed by atoms with Crippen molar-refractivity contribution in [2.45, 2.75) is 12.5 Å². The number of carbonyl (C=O) groups is 2. The number of carboxylic acids is 1. The van der Waals surface area contributed by atoms with Crippen LogP contribution in [0.3, 0.4) is 0 Å². The van der Waals surface area contributed by atoms with Gasteiger partial charge in [-0.3, -0.25) is 4.79 Å². The predicted molar refractivity (Wildman–Crippen MR) is 70.7 cm³/mol. The molecule has 1 aromatic carbocycles. The van der Waals surface area contributed by atoms with E-state index in [4.69, 9.17) is 14.6 Å². The van der Waals surface area contributed by atoms with Gasteiger partial charge < -0.3 is 19.5 Å². The fourth-order valence-corrected chi connectivity index (χ4v) is 2.09. The average molecular weight is 279 g/mol. The molecule has 0 aliphatic carbocycles. The van der Waals surface area contributed by atoms with Crippen LogP contribution in [0.2, 0.25) is 0 Å². The van der Waals surface area contributed by atoms with Crippen LogP contribution in [0.1, 0.15) is 5.56 Å². The number of hydrogen-bond donors (Lipinski definition) is 1. The highest BCUT2D eigenvalue weighted by Crippen LogP contribution is 2.14.